The molecule has 1 fully saturated rings. The SMILES string of the molecule is C[C@H]1C[C@@H]1C(=O)NCC(=O)NNC(=O)c1cc(Br)c[nH]1. The van der Waals surface area contributed by atoms with E-state index < -0.39 is 11.8 Å². The second-order valence-corrected chi connectivity index (χ2v) is 5.69. The monoisotopic (exact) mass is 342 g/mol. The van der Waals surface area contributed by atoms with Crippen molar-refractivity contribution in [3.05, 3.63) is 22.4 Å². The number of aromatic amines is 1. The summed E-state index contributed by atoms with van der Waals surface area (Å²) in [6, 6.07) is 1.58. The molecule has 1 aliphatic carbocycles. The van der Waals surface area contributed by atoms with E-state index in [1.807, 2.05) is 6.92 Å². The van der Waals surface area contributed by atoms with Crippen molar-refractivity contribution in [3.63, 3.8) is 0 Å². The third-order valence-corrected chi connectivity index (χ3v) is 3.54. The molecule has 20 heavy (non-hydrogen) atoms. The van der Waals surface area contributed by atoms with Gasteiger partial charge in [-0.05, 0) is 34.3 Å². The molecule has 1 heterocycles. The van der Waals surface area contributed by atoms with Crippen molar-refractivity contribution in [2.75, 3.05) is 6.54 Å². The van der Waals surface area contributed by atoms with Crippen molar-refractivity contribution in [1.29, 1.82) is 0 Å². The summed E-state index contributed by atoms with van der Waals surface area (Å²) in [4.78, 5) is 37.3. The molecule has 2 atom stereocenters. The first-order valence-electron chi connectivity index (χ1n) is 6.18. The van der Waals surface area contributed by atoms with Crippen molar-refractivity contribution in [2.24, 2.45) is 11.8 Å². The number of nitrogens with one attached hydrogen (secondary N) is 4. The minimum Gasteiger partial charge on any atom is -0.356 e. The van der Waals surface area contributed by atoms with E-state index in [-0.39, 0.29) is 18.4 Å². The Hall–Kier alpha value is -1.83. The summed E-state index contributed by atoms with van der Waals surface area (Å²) in [7, 11) is 0. The van der Waals surface area contributed by atoms with Gasteiger partial charge in [0.05, 0.1) is 6.54 Å². The summed E-state index contributed by atoms with van der Waals surface area (Å²) >= 11 is 3.20. The average Bonchev–Trinajstić information content (AvgIpc) is 2.98. The fraction of sp³-hybridized carbons (Fsp3) is 0.417. The highest BCUT2D eigenvalue weighted by Gasteiger charge is 2.38. The number of rotatable bonds is 4. The number of hydrazine groups is 1. The van der Waals surface area contributed by atoms with Gasteiger partial charge in [-0.1, -0.05) is 6.92 Å². The van der Waals surface area contributed by atoms with E-state index in [2.05, 4.69) is 37.1 Å². The van der Waals surface area contributed by atoms with E-state index in [4.69, 9.17) is 0 Å². The largest absolute Gasteiger partial charge is 0.356 e. The lowest BCUT2D eigenvalue weighted by Crippen LogP contribution is -2.46. The van der Waals surface area contributed by atoms with Crippen LogP contribution < -0.4 is 16.2 Å². The van der Waals surface area contributed by atoms with Gasteiger partial charge in [0, 0.05) is 16.6 Å². The Balaban J connectivity index is 1.67. The van der Waals surface area contributed by atoms with E-state index in [1.54, 1.807) is 12.3 Å². The maximum Gasteiger partial charge on any atom is 0.286 e. The van der Waals surface area contributed by atoms with Crippen molar-refractivity contribution in [1.82, 2.24) is 21.2 Å². The van der Waals surface area contributed by atoms with E-state index in [1.165, 1.54) is 0 Å². The Morgan fingerprint density at radius 3 is 2.65 bits per heavy atom. The van der Waals surface area contributed by atoms with Crippen molar-refractivity contribution in [2.45, 2.75) is 13.3 Å². The fourth-order valence-corrected chi connectivity index (χ4v) is 2.07. The molecule has 7 nitrogen and oxygen atoms in total. The van der Waals surface area contributed by atoms with E-state index in [9.17, 15) is 14.4 Å². The third-order valence-electron chi connectivity index (χ3n) is 3.08. The number of amides is 3. The number of carbonyl (C=O) groups excluding carboxylic acids is 3. The third kappa shape index (κ3) is 3.83. The number of aromatic nitrogens is 1. The number of hydrogen-bond acceptors (Lipinski definition) is 3. The molecule has 1 aromatic heterocycles. The molecule has 0 saturated heterocycles. The molecule has 8 heteroatoms. The van der Waals surface area contributed by atoms with Crippen molar-refractivity contribution >= 4 is 33.7 Å². The fourth-order valence-electron chi connectivity index (χ4n) is 1.72. The second-order valence-electron chi connectivity index (χ2n) is 4.77. The van der Waals surface area contributed by atoms with Gasteiger partial charge in [-0.25, -0.2) is 0 Å². The zero-order valence-corrected chi connectivity index (χ0v) is 12.4. The van der Waals surface area contributed by atoms with Gasteiger partial charge < -0.3 is 10.3 Å². The predicted molar refractivity (Wildman–Crippen MR) is 74.4 cm³/mol. The molecular weight excluding hydrogens is 328 g/mol. The summed E-state index contributed by atoms with van der Waals surface area (Å²) in [6.45, 7) is 1.83. The molecule has 0 unspecified atom stereocenters. The predicted octanol–water partition coefficient (Wildman–Crippen LogP) is 0.310. The van der Waals surface area contributed by atoms with Crippen LogP contribution in [-0.2, 0) is 9.59 Å². The van der Waals surface area contributed by atoms with Crippen LogP contribution in [0.4, 0.5) is 0 Å². The van der Waals surface area contributed by atoms with Crippen molar-refractivity contribution < 1.29 is 14.4 Å². The molecule has 1 aliphatic rings. The van der Waals surface area contributed by atoms with Crippen LogP contribution in [0, 0.1) is 11.8 Å². The summed E-state index contributed by atoms with van der Waals surface area (Å²) in [5, 5.41) is 2.52. The molecule has 108 valence electrons. The van der Waals surface area contributed by atoms with Gasteiger partial charge in [0.15, 0.2) is 0 Å². The Kier molecular flexibility index (Phi) is 4.43. The first-order valence-corrected chi connectivity index (χ1v) is 6.97. The molecule has 4 N–H and O–H groups in total. The first-order chi connectivity index (χ1) is 9.47. The maximum atomic E-state index is 11.6. The molecule has 0 aliphatic heterocycles. The Morgan fingerprint density at radius 2 is 2.10 bits per heavy atom. The quantitative estimate of drug-likeness (QED) is 0.592. The van der Waals surface area contributed by atoms with Gasteiger partial charge in [0.2, 0.25) is 5.91 Å². The van der Waals surface area contributed by atoms with E-state index in [0.29, 0.717) is 11.6 Å². The molecule has 3 amide bonds. The Morgan fingerprint density at radius 1 is 1.40 bits per heavy atom. The van der Waals surface area contributed by atoms with Crippen LogP contribution in [-0.4, -0.2) is 29.3 Å². The smallest absolute Gasteiger partial charge is 0.286 e. The highest BCUT2D eigenvalue weighted by molar-refractivity contribution is 9.10. The van der Waals surface area contributed by atoms with Gasteiger partial charge in [-0.2, -0.15) is 0 Å². The lowest BCUT2D eigenvalue weighted by molar-refractivity contribution is -0.127. The van der Waals surface area contributed by atoms with E-state index >= 15 is 0 Å². The molecule has 0 aromatic carbocycles. The molecular formula is C12H15BrN4O3. The summed E-state index contributed by atoms with van der Waals surface area (Å²) in [6.07, 6.45) is 2.47. The highest BCUT2D eigenvalue weighted by Crippen LogP contribution is 2.37. The van der Waals surface area contributed by atoms with Gasteiger partial charge >= 0.3 is 0 Å². The van der Waals surface area contributed by atoms with Crippen LogP contribution in [0.3, 0.4) is 0 Å². The summed E-state index contributed by atoms with van der Waals surface area (Å²) in [5.74, 6) is -0.651. The van der Waals surface area contributed by atoms with Gasteiger partial charge in [-0.3, -0.25) is 25.2 Å². The van der Waals surface area contributed by atoms with Crippen LogP contribution in [0.1, 0.15) is 23.8 Å². The molecule has 1 saturated carbocycles. The van der Waals surface area contributed by atoms with E-state index in [0.717, 1.165) is 10.9 Å². The average molecular weight is 343 g/mol. The number of H-pyrrole nitrogens is 1. The molecule has 0 radical (unpaired) electrons. The van der Waals surface area contributed by atoms with Crippen LogP contribution in [0.2, 0.25) is 0 Å². The summed E-state index contributed by atoms with van der Waals surface area (Å²) < 4.78 is 0.736. The lowest BCUT2D eigenvalue weighted by atomic mass is 10.3. The number of hydrogen-bond donors (Lipinski definition) is 4. The zero-order chi connectivity index (χ0) is 14.7. The maximum absolute atomic E-state index is 11.6. The van der Waals surface area contributed by atoms with Gasteiger partial charge in [0.25, 0.3) is 11.8 Å². The van der Waals surface area contributed by atoms with Crippen LogP contribution in [0.15, 0.2) is 16.7 Å². The van der Waals surface area contributed by atoms with Crippen molar-refractivity contribution in [3.8, 4) is 0 Å². The Bertz CT molecular complexity index is 543. The minimum absolute atomic E-state index is 0.0219. The molecule has 2 rings (SSSR count). The summed E-state index contributed by atoms with van der Waals surface area (Å²) in [5.41, 5.74) is 4.79. The lowest BCUT2D eigenvalue weighted by Gasteiger charge is -2.07. The number of carbonyl (C=O) groups is 3. The number of halogens is 1. The highest BCUT2D eigenvalue weighted by atomic mass is 79.9. The molecule has 0 spiro atoms. The normalized spacial score (nSPS) is 20.1. The van der Waals surface area contributed by atoms with Crippen LogP contribution >= 0.6 is 15.9 Å². The standard InChI is InChI=1S/C12H15BrN4O3/c1-6-2-8(6)11(19)15-5-10(18)16-17-12(20)9-3-7(13)4-14-9/h3-4,6,8,14H,2,5H2,1H3,(H,15,19)(H,16,18)(H,17,20)/t6-,8-/m0/s1. The molecule has 0 bridgehead atoms. The van der Waals surface area contributed by atoms with Crippen LogP contribution in [0.5, 0.6) is 0 Å². The second kappa shape index (κ2) is 6.08. The zero-order valence-electron chi connectivity index (χ0n) is 10.8. The van der Waals surface area contributed by atoms with Crippen LogP contribution in [0.25, 0.3) is 0 Å². The van der Waals surface area contributed by atoms with Gasteiger partial charge in [0.1, 0.15) is 5.69 Å². The minimum atomic E-state index is -0.481. The first kappa shape index (κ1) is 14.6. The topological polar surface area (TPSA) is 103 Å². The molecule has 1 aromatic rings. The Labute approximate surface area is 124 Å². The van der Waals surface area contributed by atoms with Gasteiger partial charge in [-0.15, -0.1) is 0 Å².